The topological polar surface area (TPSA) is 3.24 Å². The van der Waals surface area contributed by atoms with E-state index in [2.05, 4.69) is 255 Å². The quantitative estimate of drug-likeness (QED) is 0.154. The zero-order valence-corrected chi connectivity index (χ0v) is 37.7. The fourth-order valence-corrected chi connectivity index (χ4v) is 12.6. The predicted molar refractivity (Wildman–Crippen MR) is 280 cm³/mol. The summed E-state index contributed by atoms with van der Waals surface area (Å²) < 4.78 is 2.65. The maximum atomic E-state index is 2.47. The second kappa shape index (κ2) is 14.9. The summed E-state index contributed by atoms with van der Waals surface area (Å²) in [5.41, 5.74) is 20.9. The number of fused-ring (bicyclic) bond motifs is 9. The Kier molecular flexibility index (Phi) is 8.72. The molecule has 2 aliphatic carbocycles. The molecule has 10 aromatic carbocycles. The van der Waals surface area contributed by atoms with E-state index in [1.165, 1.54) is 104 Å². The summed E-state index contributed by atoms with van der Waals surface area (Å²) in [6.45, 7) is 4.73. The summed E-state index contributed by atoms with van der Waals surface area (Å²) in [4.78, 5) is 2.47. The lowest BCUT2D eigenvalue weighted by atomic mass is 9.67. The van der Waals surface area contributed by atoms with Crippen molar-refractivity contribution in [3.63, 3.8) is 0 Å². The molecule has 0 fully saturated rings. The Morgan fingerprint density at radius 1 is 0.348 bits per heavy atom. The van der Waals surface area contributed by atoms with Gasteiger partial charge in [-0.15, -0.1) is 11.3 Å². The third-order valence-electron chi connectivity index (χ3n) is 14.6. The maximum Gasteiger partial charge on any atom is 0.0713 e. The maximum absolute atomic E-state index is 2.47. The van der Waals surface area contributed by atoms with Gasteiger partial charge in [0.05, 0.1) is 11.1 Å². The van der Waals surface area contributed by atoms with Crippen LogP contribution >= 0.6 is 11.3 Å². The van der Waals surface area contributed by atoms with Gasteiger partial charge in [0.2, 0.25) is 0 Å². The van der Waals surface area contributed by atoms with Crippen molar-refractivity contribution in [1.82, 2.24) is 0 Å². The number of benzene rings is 10. The van der Waals surface area contributed by atoms with Gasteiger partial charge in [-0.05, 0) is 121 Å². The van der Waals surface area contributed by atoms with Crippen LogP contribution in [0.15, 0.2) is 237 Å². The van der Waals surface area contributed by atoms with E-state index in [0.717, 1.165) is 11.4 Å². The van der Waals surface area contributed by atoms with Gasteiger partial charge in [0.25, 0.3) is 0 Å². The standard InChI is InChI=1S/C64H45NS/c1-63(2)55-23-12-10-22-53(55)62-58(63)25-15-26-59(62)65(49-36-30-43(31-37-49)45-32-38-52-51-21-11-14-27-60(51)66-61(52)41-45)48-34-28-42(29-35-48)44-33-39-57-54(40-44)50-20-9-13-24-56(50)64(57,46-16-5-3-6-17-46)47-18-7-4-8-19-47/h3-41H,1-2H3. The smallest absolute Gasteiger partial charge is 0.0713 e. The van der Waals surface area contributed by atoms with Gasteiger partial charge in [-0.25, -0.2) is 0 Å². The van der Waals surface area contributed by atoms with Crippen molar-refractivity contribution in [3.8, 4) is 44.5 Å². The number of thiophene rings is 1. The van der Waals surface area contributed by atoms with Crippen molar-refractivity contribution >= 4 is 48.6 Å². The lowest BCUT2D eigenvalue weighted by Gasteiger charge is -2.33. The van der Waals surface area contributed by atoms with Crippen molar-refractivity contribution in [1.29, 1.82) is 0 Å². The fourth-order valence-electron chi connectivity index (χ4n) is 11.5. The Balaban J connectivity index is 0.928. The van der Waals surface area contributed by atoms with Gasteiger partial charge in [-0.3, -0.25) is 0 Å². The molecule has 1 nitrogen and oxygen atoms in total. The molecule has 312 valence electrons. The average molecular weight is 860 g/mol. The molecule has 0 saturated heterocycles. The third-order valence-corrected chi connectivity index (χ3v) is 15.7. The van der Waals surface area contributed by atoms with Crippen LogP contribution in [0.4, 0.5) is 17.1 Å². The summed E-state index contributed by atoms with van der Waals surface area (Å²) in [6, 6.07) is 88.1. The van der Waals surface area contributed by atoms with E-state index in [0.29, 0.717) is 0 Å². The molecule has 1 aromatic heterocycles. The summed E-state index contributed by atoms with van der Waals surface area (Å²) in [5.74, 6) is 0. The number of nitrogens with zero attached hydrogens (tertiary/aromatic N) is 1. The highest BCUT2D eigenvalue weighted by atomic mass is 32.1. The van der Waals surface area contributed by atoms with Gasteiger partial charge in [-0.1, -0.05) is 202 Å². The highest BCUT2D eigenvalue weighted by Crippen LogP contribution is 2.57. The minimum Gasteiger partial charge on any atom is -0.310 e. The molecule has 0 unspecified atom stereocenters. The van der Waals surface area contributed by atoms with Crippen LogP contribution in [0.25, 0.3) is 64.7 Å². The molecule has 0 spiro atoms. The molecule has 2 heteroatoms. The number of rotatable bonds is 7. The lowest BCUT2D eigenvalue weighted by molar-refractivity contribution is 0.660. The largest absolute Gasteiger partial charge is 0.310 e. The van der Waals surface area contributed by atoms with Crippen LogP contribution < -0.4 is 4.90 Å². The van der Waals surface area contributed by atoms with Gasteiger partial charge in [0.1, 0.15) is 0 Å². The summed E-state index contributed by atoms with van der Waals surface area (Å²) in [7, 11) is 0. The van der Waals surface area contributed by atoms with E-state index in [9.17, 15) is 0 Å². The first-order valence-corrected chi connectivity index (χ1v) is 23.8. The zero-order chi connectivity index (χ0) is 44.0. The third kappa shape index (κ3) is 5.71. The second-order valence-corrected chi connectivity index (χ2v) is 19.5. The Labute approximate surface area is 390 Å². The monoisotopic (exact) mass is 859 g/mol. The first kappa shape index (κ1) is 38.7. The highest BCUT2D eigenvalue weighted by Gasteiger charge is 2.46. The van der Waals surface area contributed by atoms with E-state index < -0.39 is 5.41 Å². The normalized spacial score (nSPS) is 13.8. The molecule has 0 N–H and O–H groups in total. The SMILES string of the molecule is CC1(C)c2ccccc2-c2c(N(c3ccc(-c4ccc5c(c4)-c4ccccc4C5(c4ccccc4)c4ccccc4)cc3)c3ccc(-c4ccc5c(c4)sc4ccccc45)cc3)cccc21. The Hall–Kier alpha value is -7.78. The molecule has 1 heterocycles. The number of anilines is 3. The van der Waals surface area contributed by atoms with Gasteiger partial charge in [0.15, 0.2) is 0 Å². The minimum absolute atomic E-state index is 0.114. The van der Waals surface area contributed by atoms with Gasteiger partial charge >= 0.3 is 0 Å². The predicted octanol–water partition coefficient (Wildman–Crippen LogP) is 17.5. The number of hydrogen-bond donors (Lipinski definition) is 0. The van der Waals surface area contributed by atoms with Crippen molar-refractivity contribution in [2.75, 3.05) is 4.90 Å². The summed E-state index contributed by atoms with van der Waals surface area (Å²) in [5, 5.41) is 2.65. The van der Waals surface area contributed by atoms with E-state index in [1.54, 1.807) is 0 Å². The van der Waals surface area contributed by atoms with Crippen molar-refractivity contribution < 1.29 is 0 Å². The fraction of sp³-hybridized carbons (Fsp3) is 0.0625. The summed E-state index contributed by atoms with van der Waals surface area (Å²) >= 11 is 1.87. The molecule has 2 aliphatic rings. The van der Waals surface area contributed by atoms with E-state index in [1.807, 2.05) is 11.3 Å². The molecule has 11 aromatic rings. The molecule has 0 amide bonds. The van der Waals surface area contributed by atoms with Crippen LogP contribution in [0, 0.1) is 0 Å². The van der Waals surface area contributed by atoms with Crippen LogP contribution in [0.2, 0.25) is 0 Å². The Morgan fingerprint density at radius 3 is 1.56 bits per heavy atom. The molecule has 13 rings (SSSR count). The van der Waals surface area contributed by atoms with E-state index in [-0.39, 0.29) is 5.41 Å². The van der Waals surface area contributed by atoms with E-state index >= 15 is 0 Å². The van der Waals surface area contributed by atoms with Crippen molar-refractivity contribution in [3.05, 3.63) is 270 Å². The molecule has 0 radical (unpaired) electrons. The lowest BCUT2D eigenvalue weighted by Crippen LogP contribution is -2.28. The van der Waals surface area contributed by atoms with Crippen LogP contribution in [0.3, 0.4) is 0 Å². The van der Waals surface area contributed by atoms with Crippen LogP contribution in [0.5, 0.6) is 0 Å². The van der Waals surface area contributed by atoms with Gasteiger partial charge in [-0.2, -0.15) is 0 Å². The van der Waals surface area contributed by atoms with Gasteiger partial charge < -0.3 is 4.90 Å². The molecule has 0 bridgehead atoms. The highest BCUT2D eigenvalue weighted by molar-refractivity contribution is 7.25. The first-order valence-electron chi connectivity index (χ1n) is 23.0. The molecule has 66 heavy (non-hydrogen) atoms. The minimum atomic E-state index is -0.415. The molecular formula is C64H45NS. The Morgan fingerprint density at radius 2 is 0.864 bits per heavy atom. The van der Waals surface area contributed by atoms with Gasteiger partial charge in [0, 0.05) is 42.5 Å². The first-order chi connectivity index (χ1) is 32.5. The summed E-state index contributed by atoms with van der Waals surface area (Å²) in [6.07, 6.45) is 0. The molecular weight excluding hydrogens is 815 g/mol. The Bertz CT molecular complexity index is 3620. The average Bonchev–Trinajstić information content (AvgIpc) is 3.98. The van der Waals surface area contributed by atoms with Crippen LogP contribution in [-0.4, -0.2) is 0 Å². The molecule has 0 atom stereocenters. The molecule has 0 saturated carbocycles. The van der Waals surface area contributed by atoms with Crippen LogP contribution in [-0.2, 0) is 10.8 Å². The number of hydrogen-bond acceptors (Lipinski definition) is 2. The second-order valence-electron chi connectivity index (χ2n) is 18.4. The zero-order valence-electron chi connectivity index (χ0n) is 36.9. The van der Waals surface area contributed by atoms with Crippen LogP contribution in [0.1, 0.15) is 47.2 Å². The van der Waals surface area contributed by atoms with E-state index in [4.69, 9.17) is 0 Å². The van der Waals surface area contributed by atoms with Crippen molar-refractivity contribution in [2.24, 2.45) is 0 Å². The molecule has 0 aliphatic heterocycles. The van der Waals surface area contributed by atoms with Crippen molar-refractivity contribution in [2.45, 2.75) is 24.7 Å².